The first-order valence-electron chi connectivity index (χ1n) is 6.54. The number of hydrogen-bond acceptors (Lipinski definition) is 5. The molecule has 0 radical (unpaired) electrons. The number of pyridine rings is 1. The molecule has 2 unspecified atom stereocenters. The lowest BCUT2D eigenvalue weighted by molar-refractivity contribution is 0.299. The molecule has 5 nitrogen and oxygen atoms in total. The van der Waals surface area contributed by atoms with E-state index in [9.17, 15) is 0 Å². The number of nitrogens with zero attached hydrogens (tertiary/aromatic N) is 3. The third-order valence-electron chi connectivity index (χ3n) is 3.53. The molecule has 2 aromatic heterocycles. The summed E-state index contributed by atoms with van der Waals surface area (Å²) in [5.41, 5.74) is 6.69. The molecule has 0 bridgehead atoms. The Balaban J connectivity index is 1.86. The van der Waals surface area contributed by atoms with E-state index in [1.807, 2.05) is 6.07 Å². The van der Waals surface area contributed by atoms with E-state index in [0.717, 1.165) is 34.6 Å². The highest BCUT2D eigenvalue weighted by molar-refractivity contribution is 9.11. The minimum absolute atomic E-state index is 0.238. The molecule has 3 rings (SSSR count). The molecule has 7 heteroatoms. The van der Waals surface area contributed by atoms with Crippen LogP contribution in [-0.4, -0.2) is 21.2 Å². The van der Waals surface area contributed by atoms with Crippen LogP contribution in [0.1, 0.15) is 37.5 Å². The molecule has 0 aromatic carbocycles. The van der Waals surface area contributed by atoms with Crippen LogP contribution in [0.4, 0.5) is 0 Å². The van der Waals surface area contributed by atoms with Crippen molar-refractivity contribution in [3.8, 4) is 11.5 Å². The molecule has 106 valence electrons. The highest BCUT2D eigenvalue weighted by Gasteiger charge is 2.26. The maximum Gasteiger partial charge on any atom is 0.230 e. The topological polar surface area (TPSA) is 77.8 Å². The molecule has 2 N–H and O–H groups in total. The fraction of sp³-hybridized carbons (Fsp3) is 0.462. The van der Waals surface area contributed by atoms with E-state index < -0.39 is 0 Å². The van der Waals surface area contributed by atoms with E-state index >= 15 is 0 Å². The maximum absolute atomic E-state index is 6.01. The van der Waals surface area contributed by atoms with Crippen molar-refractivity contribution in [2.75, 3.05) is 0 Å². The summed E-state index contributed by atoms with van der Waals surface area (Å²) in [4.78, 5) is 8.81. The van der Waals surface area contributed by atoms with Crippen LogP contribution in [0.3, 0.4) is 0 Å². The zero-order chi connectivity index (χ0) is 14.1. The smallest absolute Gasteiger partial charge is 0.230 e. The summed E-state index contributed by atoms with van der Waals surface area (Å²) in [6.45, 7) is 0. The van der Waals surface area contributed by atoms with Crippen LogP contribution in [0, 0.1) is 0 Å². The molecule has 2 heterocycles. The zero-order valence-electron chi connectivity index (χ0n) is 10.7. The van der Waals surface area contributed by atoms with Crippen molar-refractivity contribution in [3.05, 3.63) is 27.1 Å². The van der Waals surface area contributed by atoms with Gasteiger partial charge in [0.05, 0.1) is 0 Å². The largest absolute Gasteiger partial charge is 0.339 e. The van der Waals surface area contributed by atoms with Crippen molar-refractivity contribution in [2.45, 2.75) is 37.6 Å². The predicted octanol–water partition coefficient (Wildman–Crippen LogP) is 3.64. The Morgan fingerprint density at radius 2 is 2.15 bits per heavy atom. The second-order valence-corrected chi connectivity index (χ2v) is 6.83. The SMILES string of the molecule is NC1CCCC(c2nc(-c3ncc(Br)cc3Br)no2)C1. The van der Waals surface area contributed by atoms with E-state index in [4.69, 9.17) is 10.3 Å². The third-order valence-corrected chi connectivity index (χ3v) is 4.56. The standard InChI is InChI=1S/C13H14Br2N4O/c14-8-5-10(15)11(17-6-8)12-18-13(20-19-12)7-2-1-3-9(16)4-7/h5-7,9H,1-4,16H2. The summed E-state index contributed by atoms with van der Waals surface area (Å²) in [6, 6.07) is 2.15. The first-order valence-corrected chi connectivity index (χ1v) is 8.12. The highest BCUT2D eigenvalue weighted by atomic mass is 79.9. The van der Waals surface area contributed by atoms with Crippen molar-refractivity contribution in [3.63, 3.8) is 0 Å². The molecule has 0 spiro atoms. The van der Waals surface area contributed by atoms with Crippen LogP contribution in [0.5, 0.6) is 0 Å². The molecule has 2 atom stereocenters. The Hall–Kier alpha value is -0.790. The van der Waals surface area contributed by atoms with Crippen LogP contribution in [0.2, 0.25) is 0 Å². The minimum atomic E-state index is 0.238. The predicted molar refractivity (Wildman–Crippen MR) is 82.1 cm³/mol. The Labute approximate surface area is 133 Å². The minimum Gasteiger partial charge on any atom is -0.339 e. The Morgan fingerprint density at radius 1 is 1.30 bits per heavy atom. The molecule has 20 heavy (non-hydrogen) atoms. The summed E-state index contributed by atoms with van der Waals surface area (Å²) in [7, 11) is 0. The quantitative estimate of drug-likeness (QED) is 0.830. The van der Waals surface area contributed by atoms with Gasteiger partial charge in [-0.25, -0.2) is 0 Å². The molecule has 1 aliphatic rings. The van der Waals surface area contributed by atoms with Gasteiger partial charge in [-0.3, -0.25) is 4.98 Å². The van der Waals surface area contributed by atoms with E-state index in [1.165, 1.54) is 0 Å². The monoisotopic (exact) mass is 400 g/mol. The van der Waals surface area contributed by atoms with Gasteiger partial charge in [-0.15, -0.1) is 0 Å². The maximum atomic E-state index is 6.01. The van der Waals surface area contributed by atoms with Gasteiger partial charge < -0.3 is 10.3 Å². The van der Waals surface area contributed by atoms with Crippen LogP contribution in [0.15, 0.2) is 25.7 Å². The van der Waals surface area contributed by atoms with Crippen LogP contribution < -0.4 is 5.73 Å². The Kier molecular flexibility index (Phi) is 4.18. The number of rotatable bonds is 2. The summed E-state index contributed by atoms with van der Waals surface area (Å²) in [6.07, 6.45) is 5.88. The van der Waals surface area contributed by atoms with Gasteiger partial charge in [-0.2, -0.15) is 4.98 Å². The number of halogens is 2. The van der Waals surface area contributed by atoms with Gasteiger partial charge in [0.2, 0.25) is 11.7 Å². The van der Waals surface area contributed by atoms with E-state index in [2.05, 4.69) is 47.0 Å². The van der Waals surface area contributed by atoms with Crippen LogP contribution in [-0.2, 0) is 0 Å². The molecule has 0 saturated heterocycles. The molecule has 1 aliphatic carbocycles. The number of nitrogens with two attached hydrogens (primary N) is 1. The lowest BCUT2D eigenvalue weighted by atomic mass is 9.86. The molecular weight excluding hydrogens is 388 g/mol. The summed E-state index contributed by atoms with van der Waals surface area (Å²) in [5.74, 6) is 1.46. The second-order valence-electron chi connectivity index (χ2n) is 5.06. The third kappa shape index (κ3) is 2.94. The normalized spacial score (nSPS) is 22.9. The summed E-state index contributed by atoms with van der Waals surface area (Å²) >= 11 is 6.84. The second kappa shape index (κ2) is 5.91. The molecule has 1 fully saturated rings. The van der Waals surface area contributed by atoms with Crippen LogP contribution in [0.25, 0.3) is 11.5 Å². The van der Waals surface area contributed by atoms with Gasteiger partial charge in [-0.05, 0) is 57.2 Å². The summed E-state index contributed by atoms with van der Waals surface area (Å²) in [5, 5.41) is 4.04. The van der Waals surface area contributed by atoms with Crippen molar-refractivity contribution >= 4 is 31.9 Å². The van der Waals surface area contributed by atoms with Crippen molar-refractivity contribution in [1.82, 2.24) is 15.1 Å². The van der Waals surface area contributed by atoms with Gasteiger partial charge in [0, 0.05) is 27.1 Å². The first kappa shape index (κ1) is 14.2. The van der Waals surface area contributed by atoms with E-state index in [0.29, 0.717) is 17.4 Å². The van der Waals surface area contributed by atoms with Crippen molar-refractivity contribution in [2.24, 2.45) is 5.73 Å². The molecule has 1 saturated carbocycles. The first-order chi connectivity index (χ1) is 9.63. The molecule has 0 amide bonds. The average molecular weight is 402 g/mol. The van der Waals surface area contributed by atoms with E-state index in [1.54, 1.807) is 6.20 Å². The molecule has 0 aliphatic heterocycles. The number of hydrogen-bond donors (Lipinski definition) is 1. The fourth-order valence-electron chi connectivity index (χ4n) is 2.53. The van der Waals surface area contributed by atoms with E-state index in [-0.39, 0.29) is 12.0 Å². The van der Waals surface area contributed by atoms with Crippen LogP contribution >= 0.6 is 31.9 Å². The van der Waals surface area contributed by atoms with Crippen molar-refractivity contribution < 1.29 is 4.52 Å². The van der Waals surface area contributed by atoms with Gasteiger partial charge >= 0.3 is 0 Å². The highest BCUT2D eigenvalue weighted by Crippen LogP contribution is 2.33. The molecule has 2 aromatic rings. The van der Waals surface area contributed by atoms with Gasteiger partial charge in [0.15, 0.2) is 0 Å². The average Bonchev–Trinajstić information content (AvgIpc) is 2.88. The fourth-order valence-corrected chi connectivity index (χ4v) is 3.69. The Bertz CT molecular complexity index is 616. The lowest BCUT2D eigenvalue weighted by Gasteiger charge is -2.23. The van der Waals surface area contributed by atoms with Gasteiger partial charge in [-0.1, -0.05) is 11.6 Å². The van der Waals surface area contributed by atoms with Gasteiger partial charge in [0.1, 0.15) is 5.69 Å². The Morgan fingerprint density at radius 3 is 2.90 bits per heavy atom. The van der Waals surface area contributed by atoms with Gasteiger partial charge in [0.25, 0.3) is 0 Å². The summed E-state index contributed by atoms with van der Waals surface area (Å²) < 4.78 is 7.13. The lowest BCUT2D eigenvalue weighted by Crippen LogP contribution is -2.26. The number of aromatic nitrogens is 3. The zero-order valence-corrected chi connectivity index (χ0v) is 13.9. The van der Waals surface area contributed by atoms with Crippen molar-refractivity contribution in [1.29, 1.82) is 0 Å². The molecular formula is C13H14Br2N4O.